The van der Waals surface area contributed by atoms with E-state index < -0.39 is 11.8 Å². The smallest absolute Gasteiger partial charge is 0.267 e. The summed E-state index contributed by atoms with van der Waals surface area (Å²) in [5, 5.41) is 2.93. The van der Waals surface area contributed by atoms with Crippen LogP contribution in [-0.4, -0.2) is 22.7 Å². The van der Waals surface area contributed by atoms with Gasteiger partial charge in [-0.1, -0.05) is 23.7 Å². The Balaban J connectivity index is 1.62. The maximum absolute atomic E-state index is 12.6. The first-order valence-corrected chi connectivity index (χ1v) is 9.22. The Bertz CT molecular complexity index is 1070. The van der Waals surface area contributed by atoms with Gasteiger partial charge in [-0.15, -0.1) is 11.3 Å². The van der Waals surface area contributed by atoms with Crippen molar-refractivity contribution in [3.05, 3.63) is 74.7 Å². The highest BCUT2D eigenvalue weighted by Gasteiger charge is 2.37. The van der Waals surface area contributed by atoms with Gasteiger partial charge in [0.15, 0.2) is 0 Å². The van der Waals surface area contributed by atoms with Gasteiger partial charge in [-0.2, -0.15) is 0 Å². The van der Waals surface area contributed by atoms with Gasteiger partial charge in [-0.05, 0) is 37.3 Å². The van der Waals surface area contributed by atoms with Gasteiger partial charge in [0, 0.05) is 5.69 Å². The molecule has 0 radical (unpaired) electrons. The van der Waals surface area contributed by atoms with E-state index in [0.29, 0.717) is 27.4 Å². The average molecular weight is 398 g/mol. The van der Waals surface area contributed by atoms with Crippen molar-refractivity contribution in [1.29, 1.82) is 0 Å². The van der Waals surface area contributed by atoms with Gasteiger partial charge in [0.05, 0.1) is 33.0 Å². The van der Waals surface area contributed by atoms with Crippen molar-refractivity contribution < 1.29 is 14.4 Å². The highest BCUT2D eigenvalue weighted by atomic mass is 35.5. The number of nitrogens with one attached hydrogen (secondary N) is 1. The van der Waals surface area contributed by atoms with Crippen LogP contribution in [0.25, 0.3) is 0 Å². The number of imide groups is 1. The summed E-state index contributed by atoms with van der Waals surface area (Å²) >= 11 is 7.56. The molecular weight excluding hydrogens is 386 g/mol. The number of fused-ring (bicyclic) bond motifs is 1. The zero-order valence-corrected chi connectivity index (χ0v) is 15.6. The monoisotopic (exact) mass is 397 g/mol. The minimum absolute atomic E-state index is 0.184. The van der Waals surface area contributed by atoms with Crippen LogP contribution < -0.4 is 10.2 Å². The zero-order chi connectivity index (χ0) is 19.1. The standard InChI is InChI=1S/C19H12ClN3O3S/c1-10-16(27-9-21-10)17(24)22-11-6-7-15(14(20)8-11)23-18(25)12-4-2-3-5-13(12)19(23)26/h2-9H,1H3,(H,22,24). The quantitative estimate of drug-likeness (QED) is 0.673. The van der Waals surface area contributed by atoms with E-state index >= 15 is 0 Å². The van der Waals surface area contributed by atoms with Crippen LogP contribution in [0.3, 0.4) is 0 Å². The molecule has 1 aliphatic heterocycles. The van der Waals surface area contributed by atoms with E-state index in [-0.39, 0.29) is 16.6 Å². The Morgan fingerprint density at radius 1 is 1.11 bits per heavy atom. The summed E-state index contributed by atoms with van der Waals surface area (Å²) in [5.74, 6) is -1.14. The number of aromatic nitrogens is 1. The number of carbonyl (C=O) groups excluding carboxylic acids is 3. The van der Waals surface area contributed by atoms with E-state index in [1.54, 1.807) is 48.8 Å². The van der Waals surface area contributed by atoms with Crippen LogP contribution in [0.15, 0.2) is 48.0 Å². The third-order valence-electron chi connectivity index (χ3n) is 4.19. The van der Waals surface area contributed by atoms with Gasteiger partial charge < -0.3 is 5.32 Å². The minimum atomic E-state index is -0.422. The predicted octanol–water partition coefficient (Wildman–Crippen LogP) is 4.16. The second-order valence-electron chi connectivity index (χ2n) is 5.88. The molecule has 0 atom stereocenters. The van der Waals surface area contributed by atoms with Crippen LogP contribution in [-0.2, 0) is 0 Å². The highest BCUT2D eigenvalue weighted by Crippen LogP contribution is 2.35. The summed E-state index contributed by atoms with van der Waals surface area (Å²) in [5.41, 5.74) is 3.66. The molecule has 1 aliphatic rings. The third kappa shape index (κ3) is 2.90. The number of thiazole rings is 1. The summed E-state index contributed by atoms with van der Waals surface area (Å²) in [4.78, 5) is 43.1. The molecule has 3 amide bonds. The lowest BCUT2D eigenvalue weighted by Crippen LogP contribution is -2.29. The molecule has 8 heteroatoms. The number of benzene rings is 2. The first kappa shape index (κ1) is 17.4. The van der Waals surface area contributed by atoms with Crippen LogP contribution in [0, 0.1) is 6.92 Å². The van der Waals surface area contributed by atoms with Crippen molar-refractivity contribution in [1.82, 2.24) is 4.98 Å². The molecule has 0 saturated carbocycles. The molecule has 0 fully saturated rings. The highest BCUT2D eigenvalue weighted by molar-refractivity contribution is 7.12. The van der Waals surface area contributed by atoms with Gasteiger partial charge in [0.2, 0.25) is 0 Å². The van der Waals surface area contributed by atoms with Crippen molar-refractivity contribution in [3.63, 3.8) is 0 Å². The molecule has 1 aromatic heterocycles. The molecule has 6 nitrogen and oxygen atoms in total. The van der Waals surface area contributed by atoms with E-state index in [4.69, 9.17) is 11.6 Å². The molecule has 0 spiro atoms. The van der Waals surface area contributed by atoms with E-state index in [9.17, 15) is 14.4 Å². The maximum atomic E-state index is 12.6. The number of anilines is 2. The summed E-state index contributed by atoms with van der Waals surface area (Å²) in [7, 11) is 0. The molecule has 3 aromatic rings. The van der Waals surface area contributed by atoms with E-state index in [1.165, 1.54) is 17.4 Å². The molecule has 2 aromatic carbocycles. The van der Waals surface area contributed by atoms with Crippen molar-refractivity contribution in [2.24, 2.45) is 0 Å². The lowest BCUT2D eigenvalue weighted by Gasteiger charge is -2.16. The van der Waals surface area contributed by atoms with Crippen LogP contribution in [0.5, 0.6) is 0 Å². The molecule has 0 aliphatic carbocycles. The zero-order valence-electron chi connectivity index (χ0n) is 14.0. The topological polar surface area (TPSA) is 79.4 Å². The van der Waals surface area contributed by atoms with Crippen LogP contribution in [0.2, 0.25) is 5.02 Å². The molecule has 2 heterocycles. The van der Waals surface area contributed by atoms with Gasteiger partial charge in [-0.3, -0.25) is 14.4 Å². The minimum Gasteiger partial charge on any atom is -0.321 e. The lowest BCUT2D eigenvalue weighted by molar-refractivity contribution is 0.0924. The van der Waals surface area contributed by atoms with Crippen molar-refractivity contribution in [2.75, 3.05) is 10.2 Å². The number of halogens is 1. The number of rotatable bonds is 3. The molecule has 0 bridgehead atoms. The van der Waals surface area contributed by atoms with Crippen LogP contribution in [0.1, 0.15) is 36.1 Å². The fraction of sp³-hybridized carbons (Fsp3) is 0.0526. The molecule has 4 rings (SSSR count). The molecule has 0 unspecified atom stereocenters. The Hall–Kier alpha value is -3.03. The van der Waals surface area contributed by atoms with Crippen molar-refractivity contribution >= 4 is 52.0 Å². The summed E-state index contributed by atoms with van der Waals surface area (Å²) in [6, 6.07) is 11.3. The normalized spacial score (nSPS) is 13.0. The SMILES string of the molecule is Cc1ncsc1C(=O)Nc1ccc(N2C(=O)c3ccccc3C2=O)c(Cl)c1. The first-order valence-electron chi connectivity index (χ1n) is 7.96. The molecule has 0 saturated heterocycles. The molecule has 134 valence electrons. The van der Waals surface area contributed by atoms with Crippen LogP contribution in [0.4, 0.5) is 11.4 Å². The number of hydrogen-bond acceptors (Lipinski definition) is 5. The van der Waals surface area contributed by atoms with E-state index in [0.717, 1.165) is 4.90 Å². The lowest BCUT2D eigenvalue weighted by atomic mass is 10.1. The van der Waals surface area contributed by atoms with Gasteiger partial charge in [0.25, 0.3) is 17.7 Å². The molecule has 1 N–H and O–H groups in total. The van der Waals surface area contributed by atoms with Gasteiger partial charge in [-0.25, -0.2) is 9.88 Å². The fourth-order valence-electron chi connectivity index (χ4n) is 2.88. The van der Waals surface area contributed by atoms with Gasteiger partial charge >= 0.3 is 0 Å². The summed E-state index contributed by atoms with van der Waals surface area (Å²) in [6.07, 6.45) is 0. The van der Waals surface area contributed by atoms with Crippen LogP contribution >= 0.6 is 22.9 Å². The predicted molar refractivity (Wildman–Crippen MR) is 104 cm³/mol. The Morgan fingerprint density at radius 2 is 1.78 bits per heavy atom. The Labute approximate surface area is 163 Å². The Morgan fingerprint density at radius 3 is 2.33 bits per heavy atom. The van der Waals surface area contributed by atoms with E-state index in [2.05, 4.69) is 10.3 Å². The largest absolute Gasteiger partial charge is 0.321 e. The third-order valence-corrected chi connectivity index (χ3v) is 5.42. The fourth-order valence-corrected chi connectivity index (χ4v) is 3.84. The van der Waals surface area contributed by atoms with Gasteiger partial charge in [0.1, 0.15) is 4.88 Å². The number of amides is 3. The molecular formula is C19H12ClN3O3S. The number of nitrogens with zero attached hydrogens (tertiary/aromatic N) is 2. The Kier molecular flexibility index (Phi) is 4.25. The number of hydrogen-bond donors (Lipinski definition) is 1. The summed E-state index contributed by atoms with van der Waals surface area (Å²) in [6.45, 7) is 1.75. The number of aryl methyl sites for hydroxylation is 1. The summed E-state index contributed by atoms with van der Waals surface area (Å²) < 4.78 is 0. The van der Waals surface area contributed by atoms with Crippen molar-refractivity contribution in [2.45, 2.75) is 6.92 Å². The number of carbonyl (C=O) groups is 3. The van der Waals surface area contributed by atoms with Crippen molar-refractivity contribution in [3.8, 4) is 0 Å². The second kappa shape index (κ2) is 6.61. The second-order valence-corrected chi connectivity index (χ2v) is 7.14. The average Bonchev–Trinajstić information content (AvgIpc) is 3.18. The van der Waals surface area contributed by atoms with E-state index in [1.807, 2.05) is 0 Å². The molecule has 27 heavy (non-hydrogen) atoms. The maximum Gasteiger partial charge on any atom is 0.267 e. The first-order chi connectivity index (χ1) is 13.0.